The summed E-state index contributed by atoms with van der Waals surface area (Å²) in [7, 11) is 3.96. The number of carboxylic acids is 1. The van der Waals surface area contributed by atoms with Crippen molar-refractivity contribution in [2.75, 3.05) is 40.3 Å². The molecule has 1 N–H and O–H groups in total. The molecule has 0 fully saturated rings. The first-order valence-electron chi connectivity index (χ1n) is 15.0. The number of hydrogen-bond acceptors (Lipinski definition) is 4. The molecule has 4 aromatic rings. The Balaban J connectivity index is 1.69. The predicted octanol–water partition coefficient (Wildman–Crippen LogP) is 6.28. The van der Waals surface area contributed by atoms with E-state index in [2.05, 4.69) is 0 Å². The van der Waals surface area contributed by atoms with Crippen LogP contribution in [0.5, 0.6) is 0 Å². The number of likely N-dealkylation sites (N-methyl/N-ethyl adjacent to an activating group) is 1. The van der Waals surface area contributed by atoms with Crippen molar-refractivity contribution < 1.29 is 19.5 Å². The summed E-state index contributed by atoms with van der Waals surface area (Å²) < 4.78 is 0. The van der Waals surface area contributed by atoms with E-state index in [1.54, 1.807) is 17.0 Å². The highest BCUT2D eigenvalue weighted by atomic mass is 16.4. The smallest absolute Gasteiger partial charge is 0.305 e. The molecule has 44 heavy (non-hydrogen) atoms. The van der Waals surface area contributed by atoms with Gasteiger partial charge in [-0.2, -0.15) is 0 Å². The Morgan fingerprint density at radius 2 is 1.14 bits per heavy atom. The lowest BCUT2D eigenvalue weighted by atomic mass is 9.93. The minimum absolute atomic E-state index is 0.00165. The highest BCUT2D eigenvalue weighted by molar-refractivity contribution is 6.06. The van der Waals surface area contributed by atoms with E-state index in [0.29, 0.717) is 48.4 Å². The van der Waals surface area contributed by atoms with E-state index in [-0.39, 0.29) is 30.7 Å². The molecule has 2 amide bonds. The standard InChI is InChI=1S/C37H41N3O4/c1-28(30-16-8-5-9-17-30)26-39(23-22-35(41)42)36(43)33-20-12-10-18-31(33)32-19-11-13-21-34(32)37(44)40(25-24-38(2)3)27-29-14-6-4-7-15-29/h4-21,28H,22-27H2,1-3H3,(H,41,42). The molecule has 4 aromatic carbocycles. The fraction of sp³-hybridized carbons (Fsp3) is 0.270. The molecule has 0 aliphatic rings. The monoisotopic (exact) mass is 591 g/mol. The van der Waals surface area contributed by atoms with Gasteiger partial charge in [-0.25, -0.2) is 0 Å². The van der Waals surface area contributed by atoms with Gasteiger partial charge in [0.05, 0.1) is 6.42 Å². The van der Waals surface area contributed by atoms with Crippen molar-refractivity contribution in [3.63, 3.8) is 0 Å². The van der Waals surface area contributed by atoms with E-state index >= 15 is 0 Å². The van der Waals surface area contributed by atoms with E-state index in [9.17, 15) is 19.5 Å². The Morgan fingerprint density at radius 3 is 1.68 bits per heavy atom. The Morgan fingerprint density at radius 1 is 0.636 bits per heavy atom. The topological polar surface area (TPSA) is 81.2 Å². The minimum Gasteiger partial charge on any atom is -0.481 e. The van der Waals surface area contributed by atoms with Crippen molar-refractivity contribution in [1.82, 2.24) is 14.7 Å². The number of amides is 2. The molecule has 0 radical (unpaired) electrons. The van der Waals surface area contributed by atoms with E-state index in [1.807, 2.05) is 128 Å². The number of hydrogen-bond donors (Lipinski definition) is 1. The van der Waals surface area contributed by atoms with Crippen LogP contribution < -0.4 is 0 Å². The van der Waals surface area contributed by atoms with Crippen molar-refractivity contribution in [3.05, 3.63) is 131 Å². The minimum atomic E-state index is -0.962. The molecule has 7 heteroatoms. The zero-order valence-corrected chi connectivity index (χ0v) is 25.7. The summed E-state index contributed by atoms with van der Waals surface area (Å²) in [5, 5.41) is 9.45. The third kappa shape index (κ3) is 8.64. The van der Waals surface area contributed by atoms with Gasteiger partial charge in [-0.05, 0) is 54.4 Å². The van der Waals surface area contributed by atoms with Gasteiger partial charge < -0.3 is 19.8 Å². The summed E-state index contributed by atoms with van der Waals surface area (Å²) in [6, 6.07) is 34.5. The van der Waals surface area contributed by atoms with Crippen LogP contribution in [0.3, 0.4) is 0 Å². The van der Waals surface area contributed by atoms with Crippen molar-refractivity contribution in [2.24, 2.45) is 0 Å². The molecule has 1 atom stereocenters. The van der Waals surface area contributed by atoms with Crippen LogP contribution in [0.2, 0.25) is 0 Å². The molecular formula is C37H41N3O4. The second-order valence-corrected chi connectivity index (χ2v) is 11.3. The van der Waals surface area contributed by atoms with Gasteiger partial charge in [0.2, 0.25) is 0 Å². The maximum Gasteiger partial charge on any atom is 0.305 e. The fourth-order valence-electron chi connectivity index (χ4n) is 5.25. The number of carbonyl (C=O) groups is 3. The van der Waals surface area contributed by atoms with Gasteiger partial charge in [0.25, 0.3) is 11.8 Å². The maximum atomic E-state index is 14.2. The molecule has 0 heterocycles. The van der Waals surface area contributed by atoms with E-state index in [4.69, 9.17) is 0 Å². The number of nitrogens with zero attached hydrogens (tertiary/aromatic N) is 3. The lowest BCUT2D eigenvalue weighted by molar-refractivity contribution is -0.137. The Kier molecular flexibility index (Phi) is 11.4. The largest absolute Gasteiger partial charge is 0.481 e. The van der Waals surface area contributed by atoms with Crippen LogP contribution in [0.25, 0.3) is 11.1 Å². The molecule has 0 aliphatic carbocycles. The average Bonchev–Trinajstić information content (AvgIpc) is 3.05. The lowest BCUT2D eigenvalue weighted by Crippen LogP contribution is -2.37. The van der Waals surface area contributed by atoms with Crippen molar-refractivity contribution in [2.45, 2.75) is 25.8 Å². The summed E-state index contributed by atoms with van der Waals surface area (Å²) in [6.45, 7) is 4.17. The number of benzene rings is 4. The first kappa shape index (κ1) is 32.2. The second kappa shape index (κ2) is 15.6. The first-order chi connectivity index (χ1) is 21.2. The number of carbonyl (C=O) groups excluding carboxylic acids is 2. The average molecular weight is 592 g/mol. The van der Waals surface area contributed by atoms with Crippen LogP contribution in [0.4, 0.5) is 0 Å². The molecule has 7 nitrogen and oxygen atoms in total. The molecular weight excluding hydrogens is 550 g/mol. The molecule has 228 valence electrons. The summed E-state index contributed by atoms with van der Waals surface area (Å²) in [5.74, 6) is -1.34. The highest BCUT2D eigenvalue weighted by Crippen LogP contribution is 2.30. The predicted molar refractivity (Wildman–Crippen MR) is 175 cm³/mol. The molecule has 0 saturated heterocycles. The molecule has 1 unspecified atom stereocenters. The van der Waals surface area contributed by atoms with Crippen LogP contribution in [-0.4, -0.2) is 77.9 Å². The van der Waals surface area contributed by atoms with Crippen LogP contribution >= 0.6 is 0 Å². The van der Waals surface area contributed by atoms with Gasteiger partial charge in [-0.15, -0.1) is 0 Å². The number of carboxylic acid groups (broad SMARTS) is 1. The van der Waals surface area contributed by atoms with Crippen molar-refractivity contribution in [1.29, 1.82) is 0 Å². The van der Waals surface area contributed by atoms with Gasteiger partial charge >= 0.3 is 5.97 Å². The van der Waals surface area contributed by atoms with Gasteiger partial charge in [-0.3, -0.25) is 14.4 Å². The Labute approximate surface area is 260 Å². The first-order valence-corrected chi connectivity index (χ1v) is 15.0. The SMILES string of the molecule is CC(CN(CCC(=O)O)C(=O)c1ccccc1-c1ccccc1C(=O)N(CCN(C)C)Cc1ccccc1)c1ccccc1. The van der Waals surface area contributed by atoms with Crippen LogP contribution in [0.1, 0.15) is 51.1 Å². The molecule has 0 bridgehead atoms. The van der Waals surface area contributed by atoms with Crippen LogP contribution in [0, 0.1) is 0 Å². The summed E-state index contributed by atoms with van der Waals surface area (Å²) in [6.07, 6.45) is -0.162. The van der Waals surface area contributed by atoms with Gasteiger partial charge in [0.15, 0.2) is 0 Å². The molecule has 0 saturated carbocycles. The Hall–Kier alpha value is -4.75. The Bertz CT molecular complexity index is 1540. The third-order valence-electron chi connectivity index (χ3n) is 7.67. The maximum absolute atomic E-state index is 14.2. The second-order valence-electron chi connectivity index (χ2n) is 11.3. The summed E-state index contributed by atoms with van der Waals surface area (Å²) >= 11 is 0. The van der Waals surface area contributed by atoms with Gasteiger partial charge in [0, 0.05) is 43.9 Å². The fourth-order valence-corrected chi connectivity index (χ4v) is 5.25. The van der Waals surface area contributed by atoms with Gasteiger partial charge in [-0.1, -0.05) is 104 Å². The van der Waals surface area contributed by atoms with Gasteiger partial charge in [0.1, 0.15) is 0 Å². The lowest BCUT2D eigenvalue weighted by Gasteiger charge is -2.28. The third-order valence-corrected chi connectivity index (χ3v) is 7.67. The molecule has 4 rings (SSSR count). The van der Waals surface area contributed by atoms with Crippen LogP contribution in [0.15, 0.2) is 109 Å². The van der Waals surface area contributed by atoms with Crippen molar-refractivity contribution in [3.8, 4) is 11.1 Å². The molecule has 0 aliphatic heterocycles. The quantitative estimate of drug-likeness (QED) is 0.187. The number of rotatable bonds is 14. The van der Waals surface area contributed by atoms with E-state index < -0.39 is 5.97 Å². The van der Waals surface area contributed by atoms with Crippen molar-refractivity contribution >= 4 is 17.8 Å². The van der Waals surface area contributed by atoms with E-state index in [0.717, 1.165) is 11.1 Å². The van der Waals surface area contributed by atoms with Crippen LogP contribution in [-0.2, 0) is 11.3 Å². The highest BCUT2D eigenvalue weighted by Gasteiger charge is 2.26. The normalized spacial score (nSPS) is 11.6. The summed E-state index contributed by atoms with van der Waals surface area (Å²) in [4.78, 5) is 45.4. The zero-order chi connectivity index (χ0) is 31.5. The molecule has 0 aromatic heterocycles. The zero-order valence-electron chi connectivity index (χ0n) is 25.7. The number of aliphatic carboxylic acids is 1. The molecule has 0 spiro atoms. The summed E-state index contributed by atoms with van der Waals surface area (Å²) in [5.41, 5.74) is 4.36. The van der Waals surface area contributed by atoms with E-state index in [1.165, 1.54) is 0 Å².